The number of nitrogens with one attached hydrogen (secondary N) is 2. The molecule has 2 amide bonds. The zero-order valence-corrected chi connectivity index (χ0v) is 23.3. The summed E-state index contributed by atoms with van der Waals surface area (Å²) in [7, 11) is 1.47. The number of aliphatic hydroxyl groups excluding tert-OH is 1. The third-order valence-electron chi connectivity index (χ3n) is 6.88. The van der Waals surface area contributed by atoms with Crippen molar-refractivity contribution in [2.75, 3.05) is 20.3 Å². The molecule has 0 radical (unpaired) electrons. The number of carbonyl (C=O) groups is 1. The zero-order valence-electron chi connectivity index (χ0n) is 23.3. The molecule has 0 bridgehead atoms. The van der Waals surface area contributed by atoms with Gasteiger partial charge in [0.2, 0.25) is 0 Å². The second-order valence-corrected chi connectivity index (χ2v) is 9.95. The van der Waals surface area contributed by atoms with Gasteiger partial charge in [-0.1, -0.05) is 81.2 Å². The summed E-state index contributed by atoms with van der Waals surface area (Å²) in [6.45, 7) is 2.96. The van der Waals surface area contributed by atoms with Crippen molar-refractivity contribution in [1.29, 1.82) is 0 Å². The molecule has 1 unspecified atom stereocenters. The molecule has 2 aliphatic rings. The van der Waals surface area contributed by atoms with Crippen LogP contribution in [0.5, 0.6) is 0 Å². The van der Waals surface area contributed by atoms with Gasteiger partial charge in [0, 0.05) is 32.1 Å². The number of amides is 2. The first-order chi connectivity index (χ1) is 19.1. The molecular weight excluding hydrogens is 496 g/mol. The fraction of sp³-hybridized carbons (Fsp3) is 0.645. The van der Waals surface area contributed by atoms with E-state index in [1.54, 1.807) is 0 Å². The van der Waals surface area contributed by atoms with Gasteiger partial charge in [0.25, 0.3) is 0 Å². The fourth-order valence-electron chi connectivity index (χ4n) is 4.68. The predicted octanol–water partition coefficient (Wildman–Crippen LogP) is 4.43. The summed E-state index contributed by atoms with van der Waals surface area (Å²) < 4.78 is 23.2. The molecule has 0 aliphatic carbocycles. The van der Waals surface area contributed by atoms with Crippen LogP contribution < -0.4 is 10.6 Å². The third-order valence-corrected chi connectivity index (χ3v) is 6.88. The highest BCUT2D eigenvalue weighted by Crippen LogP contribution is 2.34. The molecule has 1 aromatic carbocycles. The SMILES string of the molecule is CCCCCCCCC#CC#CCCCCNC(=O)N[C@H]1[C@@H](OC)O[C@@H]2COC(c3ccccc3)O[C@H]2[C@@H]1O. The lowest BCUT2D eigenvalue weighted by atomic mass is 9.96. The predicted molar refractivity (Wildman–Crippen MR) is 149 cm³/mol. The van der Waals surface area contributed by atoms with Crippen molar-refractivity contribution in [3.8, 4) is 23.7 Å². The van der Waals surface area contributed by atoms with Gasteiger partial charge in [-0.2, -0.15) is 0 Å². The van der Waals surface area contributed by atoms with Crippen LogP contribution in [0.1, 0.15) is 83.0 Å². The van der Waals surface area contributed by atoms with E-state index >= 15 is 0 Å². The van der Waals surface area contributed by atoms with Crippen LogP contribution in [0.2, 0.25) is 0 Å². The number of urea groups is 1. The Balaban J connectivity index is 1.33. The molecular formula is C31H44N2O6. The Labute approximate surface area is 233 Å². The summed E-state index contributed by atoms with van der Waals surface area (Å²) in [6.07, 6.45) is 7.27. The van der Waals surface area contributed by atoms with Gasteiger partial charge in [0.05, 0.1) is 6.61 Å². The highest BCUT2D eigenvalue weighted by Gasteiger charge is 2.50. The Hall–Kier alpha value is -2.59. The highest BCUT2D eigenvalue weighted by molar-refractivity contribution is 5.74. The minimum atomic E-state index is -1.04. The molecule has 2 saturated heterocycles. The summed E-state index contributed by atoms with van der Waals surface area (Å²) in [4.78, 5) is 12.5. The number of ether oxygens (including phenoxy) is 4. The number of hydrogen-bond donors (Lipinski definition) is 3. The van der Waals surface area contributed by atoms with E-state index in [2.05, 4.69) is 41.2 Å². The lowest BCUT2D eigenvalue weighted by Gasteiger charge is -2.47. The van der Waals surface area contributed by atoms with E-state index in [0.717, 1.165) is 37.7 Å². The lowest BCUT2D eigenvalue weighted by molar-refractivity contribution is -0.340. The minimum absolute atomic E-state index is 0.244. The molecule has 0 spiro atoms. The van der Waals surface area contributed by atoms with Gasteiger partial charge in [-0.25, -0.2) is 4.79 Å². The first-order valence-electron chi connectivity index (χ1n) is 14.3. The molecule has 3 N–H and O–H groups in total. The summed E-state index contributed by atoms with van der Waals surface area (Å²) >= 11 is 0. The van der Waals surface area contributed by atoms with Crippen LogP contribution in [-0.4, -0.2) is 62.0 Å². The monoisotopic (exact) mass is 540 g/mol. The van der Waals surface area contributed by atoms with E-state index in [1.807, 2.05) is 30.3 Å². The minimum Gasteiger partial charge on any atom is -0.388 e. The molecule has 39 heavy (non-hydrogen) atoms. The fourth-order valence-corrected chi connectivity index (χ4v) is 4.68. The number of benzene rings is 1. The lowest BCUT2D eigenvalue weighted by Crippen LogP contribution is -2.67. The summed E-state index contributed by atoms with van der Waals surface area (Å²) in [5, 5.41) is 16.7. The Kier molecular flexibility index (Phi) is 14.2. The summed E-state index contributed by atoms with van der Waals surface area (Å²) in [5.74, 6) is 12.1. The Morgan fingerprint density at radius 2 is 1.69 bits per heavy atom. The van der Waals surface area contributed by atoms with Crippen LogP contribution in [0, 0.1) is 23.7 Å². The first kappa shape index (κ1) is 30.9. The molecule has 214 valence electrons. The topological polar surface area (TPSA) is 98.3 Å². The highest BCUT2D eigenvalue weighted by atomic mass is 16.7. The molecule has 8 heteroatoms. The second-order valence-electron chi connectivity index (χ2n) is 9.95. The number of hydrogen-bond acceptors (Lipinski definition) is 6. The number of aliphatic hydroxyl groups is 1. The van der Waals surface area contributed by atoms with E-state index in [0.29, 0.717) is 6.54 Å². The zero-order chi connectivity index (χ0) is 27.7. The van der Waals surface area contributed by atoms with E-state index in [1.165, 1.54) is 39.2 Å². The maximum Gasteiger partial charge on any atom is 0.315 e. The van der Waals surface area contributed by atoms with Gasteiger partial charge < -0.3 is 34.7 Å². The van der Waals surface area contributed by atoms with Crippen LogP contribution in [0.3, 0.4) is 0 Å². The third kappa shape index (κ3) is 10.5. The number of carbonyl (C=O) groups excluding carboxylic acids is 1. The van der Waals surface area contributed by atoms with Crippen LogP contribution in [-0.2, 0) is 18.9 Å². The van der Waals surface area contributed by atoms with Crippen LogP contribution >= 0.6 is 0 Å². The van der Waals surface area contributed by atoms with Gasteiger partial charge in [-0.05, 0) is 31.1 Å². The molecule has 2 aliphatic heterocycles. The molecule has 0 aromatic heterocycles. The number of methoxy groups -OCH3 is 1. The maximum absolute atomic E-state index is 12.5. The Bertz CT molecular complexity index is 966. The van der Waals surface area contributed by atoms with Crippen molar-refractivity contribution in [2.45, 2.75) is 108 Å². The molecule has 2 heterocycles. The van der Waals surface area contributed by atoms with Crippen LogP contribution in [0.4, 0.5) is 4.79 Å². The molecule has 0 saturated carbocycles. The van der Waals surface area contributed by atoms with Crippen LogP contribution in [0.15, 0.2) is 30.3 Å². The molecule has 1 aromatic rings. The molecule has 2 fully saturated rings. The van der Waals surface area contributed by atoms with Crippen molar-refractivity contribution in [3.05, 3.63) is 35.9 Å². The normalized spacial score (nSPS) is 25.8. The van der Waals surface area contributed by atoms with Gasteiger partial charge >= 0.3 is 6.03 Å². The van der Waals surface area contributed by atoms with Crippen molar-refractivity contribution < 1.29 is 28.8 Å². The van der Waals surface area contributed by atoms with Gasteiger partial charge in [0.15, 0.2) is 12.6 Å². The molecule has 3 rings (SSSR count). The number of rotatable bonds is 13. The van der Waals surface area contributed by atoms with Gasteiger partial charge in [-0.15, -0.1) is 0 Å². The standard InChI is InChI=1S/C31H44N2O6/c1-3-4-5-6-7-8-9-10-11-12-13-14-15-19-22-32-31(35)33-26-27(34)28-25(38-30(26)36-2)23-37-29(39-28)24-20-17-16-18-21-24/h16-18,20-21,25-30,34H,3-9,14-15,19,22-23H2,1-2H3,(H2,32,33,35)/t25-,26-,27-,28-,29?,30+/m1/s1. The molecule has 8 nitrogen and oxygen atoms in total. The number of unbranched alkanes of at least 4 members (excludes halogenated alkanes) is 8. The van der Waals surface area contributed by atoms with E-state index in [9.17, 15) is 9.90 Å². The summed E-state index contributed by atoms with van der Waals surface area (Å²) in [5.41, 5.74) is 0.851. The average molecular weight is 541 g/mol. The van der Waals surface area contributed by atoms with Gasteiger partial charge in [-0.3, -0.25) is 0 Å². The molecule has 6 atom stereocenters. The Morgan fingerprint density at radius 3 is 2.41 bits per heavy atom. The van der Waals surface area contributed by atoms with Crippen molar-refractivity contribution in [2.24, 2.45) is 0 Å². The smallest absolute Gasteiger partial charge is 0.315 e. The van der Waals surface area contributed by atoms with E-state index < -0.39 is 43.0 Å². The van der Waals surface area contributed by atoms with E-state index in [4.69, 9.17) is 18.9 Å². The first-order valence-corrected chi connectivity index (χ1v) is 14.3. The maximum atomic E-state index is 12.5. The average Bonchev–Trinajstić information content (AvgIpc) is 2.96. The largest absolute Gasteiger partial charge is 0.388 e. The van der Waals surface area contributed by atoms with Crippen molar-refractivity contribution >= 4 is 6.03 Å². The summed E-state index contributed by atoms with van der Waals surface area (Å²) in [6, 6.07) is 8.31. The second kappa shape index (κ2) is 17.9. The quantitative estimate of drug-likeness (QED) is 0.253. The van der Waals surface area contributed by atoms with Crippen LogP contribution in [0.25, 0.3) is 0 Å². The Morgan fingerprint density at radius 1 is 1.00 bits per heavy atom. The van der Waals surface area contributed by atoms with Gasteiger partial charge in [0.1, 0.15) is 24.4 Å². The van der Waals surface area contributed by atoms with Crippen molar-refractivity contribution in [1.82, 2.24) is 10.6 Å². The van der Waals surface area contributed by atoms with E-state index in [-0.39, 0.29) is 6.61 Å². The van der Waals surface area contributed by atoms with Crippen molar-refractivity contribution in [3.63, 3.8) is 0 Å². The number of fused-ring (bicyclic) bond motifs is 1.